The van der Waals surface area contributed by atoms with Gasteiger partial charge in [-0.15, -0.1) is 11.3 Å². The van der Waals surface area contributed by atoms with Crippen molar-refractivity contribution in [2.24, 2.45) is 5.92 Å². The Labute approximate surface area is 205 Å². The summed E-state index contributed by atoms with van der Waals surface area (Å²) < 4.78 is 11.1. The minimum Gasteiger partial charge on any atom is -0.497 e. The summed E-state index contributed by atoms with van der Waals surface area (Å²) in [7, 11) is 3.41. The van der Waals surface area contributed by atoms with Crippen LogP contribution in [0.2, 0.25) is 0 Å². The number of benzene rings is 2. The molecule has 2 aliphatic heterocycles. The summed E-state index contributed by atoms with van der Waals surface area (Å²) in [6.45, 7) is 3.12. The van der Waals surface area contributed by atoms with Gasteiger partial charge in [0.2, 0.25) is 5.91 Å². The zero-order chi connectivity index (χ0) is 23.5. The number of para-hydroxylation sites is 2. The fourth-order valence-corrected chi connectivity index (χ4v) is 5.92. The maximum absolute atomic E-state index is 13.5. The van der Waals surface area contributed by atoms with E-state index in [0.29, 0.717) is 6.54 Å². The standard InChI is InChI=1S/C27H31N3O3S/c1-32-20-10-9-19-16-22(27(31)28-12-11-21-6-5-15-34-21)25-18-29(13-14-30(25)24(19)17-20)23-7-3-4-8-26(23)33-2/h3-10,15,17,22,25H,11-14,16,18H2,1-2H3,(H,28,31)/t22-,25-/m1/s1. The summed E-state index contributed by atoms with van der Waals surface area (Å²) in [4.78, 5) is 19.5. The van der Waals surface area contributed by atoms with Crippen LogP contribution >= 0.6 is 11.3 Å². The number of fused-ring (bicyclic) bond motifs is 3. The molecule has 1 saturated heterocycles. The van der Waals surface area contributed by atoms with Crippen molar-refractivity contribution < 1.29 is 14.3 Å². The molecule has 0 radical (unpaired) electrons. The number of carbonyl (C=O) groups is 1. The molecule has 0 unspecified atom stereocenters. The number of carbonyl (C=O) groups excluding carboxylic acids is 1. The normalized spacial score (nSPS) is 19.2. The van der Waals surface area contributed by atoms with Crippen LogP contribution < -0.4 is 24.6 Å². The molecule has 1 aromatic heterocycles. The Hall–Kier alpha value is -3.19. The average Bonchev–Trinajstić information content (AvgIpc) is 3.41. The van der Waals surface area contributed by atoms with Gasteiger partial charge < -0.3 is 24.6 Å². The van der Waals surface area contributed by atoms with E-state index in [-0.39, 0.29) is 17.9 Å². The molecular formula is C27H31N3O3S. The van der Waals surface area contributed by atoms with Crippen LogP contribution in [0.25, 0.3) is 0 Å². The highest BCUT2D eigenvalue weighted by molar-refractivity contribution is 7.09. The van der Waals surface area contributed by atoms with E-state index >= 15 is 0 Å². The van der Waals surface area contributed by atoms with Crippen LogP contribution in [-0.4, -0.2) is 52.3 Å². The summed E-state index contributed by atoms with van der Waals surface area (Å²) in [5.41, 5.74) is 3.48. The average molecular weight is 478 g/mol. The van der Waals surface area contributed by atoms with Gasteiger partial charge in [0, 0.05) is 42.8 Å². The van der Waals surface area contributed by atoms with E-state index in [1.165, 1.54) is 16.1 Å². The zero-order valence-electron chi connectivity index (χ0n) is 19.7. The van der Waals surface area contributed by atoms with E-state index in [1.807, 2.05) is 24.3 Å². The van der Waals surface area contributed by atoms with E-state index in [1.54, 1.807) is 25.6 Å². The molecule has 0 aliphatic carbocycles. The Morgan fingerprint density at radius 3 is 2.74 bits per heavy atom. The predicted octanol–water partition coefficient (Wildman–Crippen LogP) is 3.99. The second kappa shape index (κ2) is 9.97. The van der Waals surface area contributed by atoms with Gasteiger partial charge in [-0.05, 0) is 48.1 Å². The molecule has 1 N–H and O–H groups in total. The van der Waals surface area contributed by atoms with Gasteiger partial charge in [0.15, 0.2) is 0 Å². The maximum atomic E-state index is 13.5. The number of methoxy groups -OCH3 is 2. The molecule has 2 aliphatic rings. The molecule has 2 atom stereocenters. The van der Waals surface area contributed by atoms with Crippen molar-refractivity contribution in [3.8, 4) is 11.5 Å². The summed E-state index contributed by atoms with van der Waals surface area (Å²) in [6, 6.07) is 18.6. The Morgan fingerprint density at radius 1 is 1.06 bits per heavy atom. The summed E-state index contributed by atoms with van der Waals surface area (Å²) in [6.07, 6.45) is 1.59. The Morgan fingerprint density at radius 2 is 1.94 bits per heavy atom. The molecule has 0 saturated carbocycles. The van der Waals surface area contributed by atoms with Gasteiger partial charge >= 0.3 is 0 Å². The van der Waals surface area contributed by atoms with Gasteiger partial charge in [-0.25, -0.2) is 0 Å². The van der Waals surface area contributed by atoms with E-state index in [2.05, 4.69) is 50.8 Å². The fraction of sp³-hybridized carbons (Fsp3) is 0.370. The number of amides is 1. The van der Waals surface area contributed by atoms with Crippen LogP contribution in [0.15, 0.2) is 60.0 Å². The van der Waals surface area contributed by atoms with Gasteiger partial charge in [0.05, 0.1) is 31.9 Å². The Bertz CT molecular complexity index is 1130. The molecule has 34 heavy (non-hydrogen) atoms. The lowest BCUT2D eigenvalue weighted by Gasteiger charge is -2.49. The summed E-state index contributed by atoms with van der Waals surface area (Å²) in [5.74, 6) is 1.73. The first-order chi connectivity index (χ1) is 16.7. The van der Waals surface area contributed by atoms with Crippen molar-refractivity contribution in [3.63, 3.8) is 0 Å². The number of hydrogen-bond donors (Lipinski definition) is 1. The predicted molar refractivity (Wildman–Crippen MR) is 138 cm³/mol. The van der Waals surface area contributed by atoms with Crippen LogP contribution in [0.3, 0.4) is 0 Å². The van der Waals surface area contributed by atoms with Crippen LogP contribution in [0.5, 0.6) is 11.5 Å². The molecule has 178 valence electrons. The van der Waals surface area contributed by atoms with Crippen molar-refractivity contribution in [3.05, 3.63) is 70.4 Å². The van der Waals surface area contributed by atoms with Crippen LogP contribution in [0, 0.1) is 5.92 Å². The van der Waals surface area contributed by atoms with Crippen LogP contribution in [0.1, 0.15) is 10.4 Å². The minimum atomic E-state index is -0.123. The SMILES string of the molecule is COc1ccc2c(c1)N1CCN(c3ccccc3OC)C[C@@H]1[C@H](C(=O)NCCc1cccs1)C2. The number of thiophene rings is 1. The lowest BCUT2D eigenvalue weighted by Crippen LogP contribution is -2.61. The topological polar surface area (TPSA) is 54.0 Å². The Kier molecular flexibility index (Phi) is 6.63. The van der Waals surface area contributed by atoms with Gasteiger partial charge in [-0.1, -0.05) is 24.3 Å². The molecule has 3 aromatic rings. The third kappa shape index (κ3) is 4.44. The fourth-order valence-electron chi connectivity index (χ4n) is 5.21. The van der Waals surface area contributed by atoms with Crippen molar-refractivity contribution >= 4 is 28.6 Å². The molecule has 0 spiro atoms. The first-order valence-electron chi connectivity index (χ1n) is 11.8. The van der Waals surface area contributed by atoms with Crippen LogP contribution in [-0.2, 0) is 17.6 Å². The largest absolute Gasteiger partial charge is 0.497 e. The van der Waals surface area contributed by atoms with Gasteiger partial charge in [0.25, 0.3) is 0 Å². The number of hydrogen-bond acceptors (Lipinski definition) is 6. The second-order valence-electron chi connectivity index (χ2n) is 8.80. The second-order valence-corrected chi connectivity index (χ2v) is 9.84. The lowest BCUT2D eigenvalue weighted by molar-refractivity contribution is -0.125. The van der Waals surface area contributed by atoms with Gasteiger partial charge in [0.1, 0.15) is 11.5 Å². The number of nitrogens with one attached hydrogen (secondary N) is 1. The molecular weight excluding hydrogens is 446 g/mol. The van der Waals surface area contributed by atoms with E-state index in [9.17, 15) is 4.79 Å². The van der Waals surface area contributed by atoms with Crippen molar-refractivity contribution in [2.45, 2.75) is 18.9 Å². The molecule has 0 bridgehead atoms. The summed E-state index contributed by atoms with van der Waals surface area (Å²) in [5, 5.41) is 5.31. The molecule has 5 rings (SSSR count). The number of piperazine rings is 1. The molecule has 6 nitrogen and oxygen atoms in total. The maximum Gasteiger partial charge on any atom is 0.225 e. The van der Waals surface area contributed by atoms with Crippen molar-refractivity contribution in [1.29, 1.82) is 0 Å². The van der Waals surface area contributed by atoms with E-state index < -0.39 is 0 Å². The first-order valence-corrected chi connectivity index (χ1v) is 12.7. The van der Waals surface area contributed by atoms with E-state index in [4.69, 9.17) is 9.47 Å². The molecule has 1 fully saturated rings. The minimum absolute atomic E-state index is 0.0695. The lowest BCUT2D eigenvalue weighted by atomic mass is 9.83. The van der Waals surface area contributed by atoms with E-state index in [0.717, 1.165) is 49.7 Å². The highest BCUT2D eigenvalue weighted by Crippen LogP contribution is 2.40. The molecule has 1 amide bonds. The highest BCUT2D eigenvalue weighted by atomic mass is 32.1. The van der Waals surface area contributed by atoms with Gasteiger partial charge in [-0.3, -0.25) is 4.79 Å². The summed E-state index contributed by atoms with van der Waals surface area (Å²) >= 11 is 1.73. The Balaban J connectivity index is 1.40. The number of ether oxygens (including phenoxy) is 2. The quantitative estimate of drug-likeness (QED) is 0.558. The first kappa shape index (κ1) is 22.6. The molecule has 7 heteroatoms. The molecule has 2 aromatic carbocycles. The van der Waals surface area contributed by atoms with Crippen molar-refractivity contribution in [1.82, 2.24) is 5.32 Å². The molecule has 3 heterocycles. The van der Waals surface area contributed by atoms with Crippen LogP contribution in [0.4, 0.5) is 11.4 Å². The monoisotopic (exact) mass is 477 g/mol. The number of anilines is 2. The third-order valence-electron chi connectivity index (χ3n) is 6.94. The highest BCUT2D eigenvalue weighted by Gasteiger charge is 2.42. The number of nitrogens with zero attached hydrogens (tertiary/aromatic N) is 2. The van der Waals surface area contributed by atoms with Crippen molar-refractivity contribution in [2.75, 3.05) is 50.2 Å². The third-order valence-corrected chi connectivity index (χ3v) is 7.87. The zero-order valence-corrected chi connectivity index (χ0v) is 20.5. The number of rotatable bonds is 7. The smallest absolute Gasteiger partial charge is 0.225 e. The van der Waals surface area contributed by atoms with Gasteiger partial charge in [-0.2, -0.15) is 0 Å².